The minimum absolute atomic E-state index is 0.173. The number of carbonyl (C=O) groups is 2. The Balaban J connectivity index is 1.07. The number of thioether (sulfide) groups is 2. The van der Waals surface area contributed by atoms with Gasteiger partial charge in [-0.3, -0.25) is 9.59 Å². The summed E-state index contributed by atoms with van der Waals surface area (Å²) in [4.78, 5) is 31.4. The minimum atomic E-state index is -0.249. The van der Waals surface area contributed by atoms with Crippen molar-refractivity contribution in [3.8, 4) is 0 Å². The highest BCUT2D eigenvalue weighted by Crippen LogP contribution is 2.41. The molecule has 0 aromatic heterocycles. The molecule has 8 heteroatoms. The molecule has 4 aliphatic heterocycles. The van der Waals surface area contributed by atoms with Crippen molar-refractivity contribution in [1.82, 2.24) is 9.80 Å². The second-order valence-corrected chi connectivity index (χ2v) is 13.4. The van der Waals surface area contributed by atoms with Crippen LogP contribution >= 0.6 is 23.5 Å². The van der Waals surface area contributed by atoms with Crippen LogP contribution in [-0.4, -0.2) is 69.0 Å². The first-order valence-corrected chi connectivity index (χ1v) is 16.5. The van der Waals surface area contributed by atoms with Crippen LogP contribution in [0.3, 0.4) is 0 Å². The van der Waals surface area contributed by atoms with Gasteiger partial charge in [0.25, 0.3) is 11.8 Å². The van der Waals surface area contributed by atoms with Gasteiger partial charge in [-0.05, 0) is 85.8 Å². The Labute approximate surface area is 234 Å². The molecule has 2 amide bonds. The number of anilines is 2. The number of hydrogen-bond donors (Lipinski definition) is 2. The molecule has 2 fully saturated rings. The summed E-state index contributed by atoms with van der Waals surface area (Å²) in [5.41, 5.74) is 3.06. The number of nitrogens with one attached hydrogen (secondary N) is 2. The third-order valence-electron chi connectivity index (χ3n) is 8.73. The summed E-state index contributed by atoms with van der Waals surface area (Å²) in [6.45, 7) is 1.56. The number of para-hydroxylation sites is 2. The first kappa shape index (κ1) is 25.9. The predicted octanol–water partition coefficient (Wildman–Crippen LogP) is 6.13. The van der Waals surface area contributed by atoms with E-state index in [-0.39, 0.29) is 23.1 Å². The van der Waals surface area contributed by atoms with Crippen LogP contribution in [0.4, 0.5) is 11.4 Å². The SMILES string of the molecule is O=C1c2ccccc2NC2(CCSCC2)N1CCCCCCN1C(=O)c2ccccc2NC12CCSCC2. The van der Waals surface area contributed by atoms with Crippen molar-refractivity contribution in [1.29, 1.82) is 0 Å². The quantitative estimate of drug-likeness (QED) is 0.405. The zero-order valence-electron chi connectivity index (χ0n) is 22.0. The number of rotatable bonds is 7. The monoisotopic (exact) mass is 550 g/mol. The molecule has 0 bridgehead atoms. The van der Waals surface area contributed by atoms with Gasteiger partial charge in [-0.1, -0.05) is 37.1 Å². The number of amides is 2. The molecule has 2 aromatic rings. The maximum Gasteiger partial charge on any atom is 0.257 e. The van der Waals surface area contributed by atoms with E-state index < -0.39 is 0 Å². The number of fused-ring (bicyclic) bond motifs is 2. The molecule has 2 saturated heterocycles. The van der Waals surface area contributed by atoms with Crippen molar-refractivity contribution in [3.63, 3.8) is 0 Å². The van der Waals surface area contributed by atoms with Gasteiger partial charge < -0.3 is 20.4 Å². The maximum absolute atomic E-state index is 13.6. The molecule has 6 nitrogen and oxygen atoms in total. The highest BCUT2D eigenvalue weighted by molar-refractivity contribution is 7.99. The lowest BCUT2D eigenvalue weighted by molar-refractivity contribution is 0.0454. The lowest BCUT2D eigenvalue weighted by Gasteiger charge is -2.50. The topological polar surface area (TPSA) is 64.7 Å². The van der Waals surface area contributed by atoms with Crippen molar-refractivity contribution in [2.45, 2.75) is 62.7 Å². The summed E-state index contributed by atoms with van der Waals surface area (Å²) < 4.78 is 0. The molecule has 2 N–H and O–H groups in total. The van der Waals surface area contributed by atoms with E-state index in [9.17, 15) is 9.59 Å². The highest BCUT2D eigenvalue weighted by Gasteiger charge is 2.46. The van der Waals surface area contributed by atoms with Crippen LogP contribution in [0.2, 0.25) is 0 Å². The molecule has 4 aliphatic rings. The van der Waals surface area contributed by atoms with Crippen LogP contribution in [0.5, 0.6) is 0 Å². The van der Waals surface area contributed by atoms with E-state index in [4.69, 9.17) is 0 Å². The van der Waals surface area contributed by atoms with Crippen molar-refractivity contribution < 1.29 is 9.59 Å². The zero-order chi connectivity index (χ0) is 26.0. The van der Waals surface area contributed by atoms with Crippen molar-refractivity contribution in [2.75, 3.05) is 46.7 Å². The largest absolute Gasteiger partial charge is 0.362 e. The van der Waals surface area contributed by atoms with E-state index >= 15 is 0 Å². The summed E-state index contributed by atoms with van der Waals surface area (Å²) >= 11 is 3.97. The van der Waals surface area contributed by atoms with Gasteiger partial charge >= 0.3 is 0 Å². The van der Waals surface area contributed by atoms with E-state index in [1.54, 1.807) is 0 Å². The van der Waals surface area contributed by atoms with Gasteiger partial charge in [0.05, 0.1) is 11.1 Å². The number of hydrogen-bond acceptors (Lipinski definition) is 6. The van der Waals surface area contributed by atoms with Crippen molar-refractivity contribution in [3.05, 3.63) is 59.7 Å². The maximum atomic E-state index is 13.6. The van der Waals surface area contributed by atoms with E-state index in [0.29, 0.717) is 0 Å². The second kappa shape index (κ2) is 11.0. The molecule has 2 spiro atoms. The van der Waals surface area contributed by atoms with E-state index in [2.05, 4.69) is 20.4 Å². The zero-order valence-corrected chi connectivity index (χ0v) is 23.7. The summed E-state index contributed by atoms with van der Waals surface area (Å²) in [6.07, 6.45) is 8.06. The number of unbranched alkanes of at least 4 members (excludes halogenated alkanes) is 3. The van der Waals surface area contributed by atoms with Gasteiger partial charge in [0.2, 0.25) is 0 Å². The summed E-state index contributed by atoms with van der Waals surface area (Å²) in [5.74, 6) is 4.68. The lowest BCUT2D eigenvalue weighted by atomic mass is 9.93. The molecule has 6 rings (SSSR count). The predicted molar refractivity (Wildman–Crippen MR) is 159 cm³/mol. The van der Waals surface area contributed by atoms with Crippen LogP contribution < -0.4 is 10.6 Å². The Hall–Kier alpha value is -2.32. The minimum Gasteiger partial charge on any atom is -0.362 e. The number of carbonyl (C=O) groups excluding carboxylic acids is 2. The van der Waals surface area contributed by atoms with Crippen LogP contribution in [0.25, 0.3) is 0 Å². The number of nitrogens with zero attached hydrogens (tertiary/aromatic N) is 2. The van der Waals surface area contributed by atoms with Crippen LogP contribution in [0, 0.1) is 0 Å². The van der Waals surface area contributed by atoms with Crippen LogP contribution in [0.1, 0.15) is 72.1 Å². The first-order chi connectivity index (χ1) is 18.6. The van der Waals surface area contributed by atoms with E-state index in [0.717, 1.165) is 110 Å². The normalized spacial score (nSPS) is 21.6. The van der Waals surface area contributed by atoms with Gasteiger partial charge in [-0.25, -0.2) is 0 Å². The molecule has 0 aliphatic carbocycles. The Bertz CT molecular complexity index is 1080. The third kappa shape index (κ3) is 4.79. The molecule has 202 valence electrons. The fourth-order valence-electron chi connectivity index (χ4n) is 6.61. The molecule has 0 saturated carbocycles. The van der Waals surface area contributed by atoms with E-state index in [1.807, 2.05) is 72.1 Å². The summed E-state index contributed by atoms with van der Waals surface area (Å²) in [5, 5.41) is 7.55. The Morgan fingerprint density at radius 2 is 1.00 bits per heavy atom. The Kier molecular flexibility index (Phi) is 7.54. The average Bonchev–Trinajstić information content (AvgIpc) is 2.94. The molecule has 2 aromatic carbocycles. The second-order valence-electron chi connectivity index (χ2n) is 11.0. The van der Waals surface area contributed by atoms with E-state index in [1.165, 1.54) is 0 Å². The molecular weight excluding hydrogens is 512 g/mol. The van der Waals surface area contributed by atoms with Gasteiger partial charge in [0, 0.05) is 24.5 Å². The molecule has 4 heterocycles. The number of benzene rings is 2. The van der Waals surface area contributed by atoms with Crippen LogP contribution in [0.15, 0.2) is 48.5 Å². The summed E-state index contributed by atoms with van der Waals surface area (Å²) in [6, 6.07) is 15.9. The Morgan fingerprint density at radius 1 is 0.605 bits per heavy atom. The molecule has 0 unspecified atom stereocenters. The molecule has 0 atom stereocenters. The highest BCUT2D eigenvalue weighted by atomic mass is 32.2. The standard InChI is InChI=1S/C30H38N4O2S2/c35-27-23-9-3-5-11-25(23)31-29(13-19-37-20-14-29)33(27)17-7-1-2-8-18-34-28(36)24-10-4-6-12-26(24)32-30(34)15-21-38-22-16-30/h3-6,9-12,31-32H,1-2,7-8,13-22H2. The average molecular weight is 551 g/mol. The van der Waals surface area contributed by atoms with Gasteiger partial charge in [0.1, 0.15) is 11.3 Å². The Morgan fingerprint density at radius 3 is 1.42 bits per heavy atom. The smallest absolute Gasteiger partial charge is 0.257 e. The first-order valence-electron chi connectivity index (χ1n) is 14.2. The third-order valence-corrected chi connectivity index (χ3v) is 10.7. The molecule has 0 radical (unpaired) electrons. The fourth-order valence-corrected chi connectivity index (χ4v) is 8.94. The lowest BCUT2D eigenvalue weighted by Crippen LogP contribution is -2.61. The molecular formula is C30H38N4O2S2. The van der Waals surface area contributed by atoms with Gasteiger partial charge in [-0.15, -0.1) is 0 Å². The van der Waals surface area contributed by atoms with Crippen molar-refractivity contribution in [2.24, 2.45) is 0 Å². The fraction of sp³-hybridized carbons (Fsp3) is 0.533. The van der Waals surface area contributed by atoms with Gasteiger partial charge in [-0.2, -0.15) is 23.5 Å². The van der Waals surface area contributed by atoms with Crippen LogP contribution in [-0.2, 0) is 0 Å². The van der Waals surface area contributed by atoms with Crippen molar-refractivity contribution >= 4 is 46.7 Å². The summed E-state index contributed by atoms with van der Waals surface area (Å²) in [7, 11) is 0. The van der Waals surface area contributed by atoms with Gasteiger partial charge in [0.15, 0.2) is 0 Å². The molecule has 38 heavy (non-hydrogen) atoms.